The van der Waals surface area contributed by atoms with Gasteiger partial charge in [-0.3, -0.25) is 9.59 Å². The summed E-state index contributed by atoms with van der Waals surface area (Å²) < 4.78 is 73.2. The topological polar surface area (TPSA) is 93.7 Å². The van der Waals surface area contributed by atoms with Crippen LogP contribution in [0.15, 0.2) is 18.2 Å². The molecule has 1 aromatic carbocycles. The summed E-state index contributed by atoms with van der Waals surface area (Å²) in [5.41, 5.74) is -0.999. The third-order valence-corrected chi connectivity index (χ3v) is 4.89. The van der Waals surface area contributed by atoms with Crippen molar-refractivity contribution in [2.75, 3.05) is 13.2 Å². The second-order valence-corrected chi connectivity index (χ2v) is 8.67. The molecule has 1 saturated heterocycles. The molecule has 7 nitrogen and oxygen atoms in total. The third-order valence-electron chi connectivity index (χ3n) is 4.89. The Hall–Kier alpha value is -2.76. The summed E-state index contributed by atoms with van der Waals surface area (Å²) in [4.78, 5) is 35.7. The number of benzene rings is 1. The van der Waals surface area contributed by atoms with Crippen LogP contribution in [0, 0.1) is 17.0 Å². The minimum absolute atomic E-state index is 0.000690. The van der Waals surface area contributed by atoms with Gasteiger partial charge in [-0.2, -0.15) is 13.2 Å². The maximum atomic E-state index is 13.5. The molecular formula is C21H25F5N2O5. The standard InChI is InChI=1S/C21H25F5N2O5/c1-20(2,3)18(30)33-16-10-27-12(6-7-32-19(31)21(24,25)26)9-15(16)28-17(29)11-4-5-13(22)14(23)8-11/h4-5,8,12,15-16,27H,6-7,9-10H2,1-3H3,(H,28,29)/t12?,15-,16-/m0/s1. The van der Waals surface area contributed by atoms with Gasteiger partial charge in [-0.1, -0.05) is 0 Å². The van der Waals surface area contributed by atoms with Crippen molar-refractivity contribution < 1.29 is 45.8 Å². The lowest BCUT2D eigenvalue weighted by Gasteiger charge is -2.38. The van der Waals surface area contributed by atoms with Crippen LogP contribution in [-0.2, 0) is 19.1 Å². The number of carbonyl (C=O) groups excluding carboxylic acids is 3. The number of ether oxygens (including phenoxy) is 2. The van der Waals surface area contributed by atoms with E-state index in [1.165, 1.54) is 0 Å². The largest absolute Gasteiger partial charge is 0.490 e. The Morgan fingerprint density at radius 3 is 2.33 bits per heavy atom. The van der Waals surface area contributed by atoms with Gasteiger partial charge in [-0.15, -0.1) is 0 Å². The Morgan fingerprint density at radius 2 is 1.76 bits per heavy atom. The van der Waals surface area contributed by atoms with Crippen LogP contribution in [0.2, 0.25) is 0 Å². The number of amides is 1. The molecule has 1 heterocycles. The van der Waals surface area contributed by atoms with Crippen molar-refractivity contribution in [2.45, 2.75) is 58.0 Å². The molecule has 3 atom stereocenters. The van der Waals surface area contributed by atoms with Gasteiger partial charge < -0.3 is 20.1 Å². The molecule has 0 bridgehead atoms. The summed E-state index contributed by atoms with van der Waals surface area (Å²) in [6.07, 6.45) is -5.83. The highest BCUT2D eigenvalue weighted by molar-refractivity contribution is 5.94. The normalized spacial score (nSPS) is 21.3. The lowest BCUT2D eigenvalue weighted by Crippen LogP contribution is -2.58. The molecule has 0 radical (unpaired) electrons. The Labute approximate surface area is 187 Å². The number of alkyl halides is 3. The summed E-state index contributed by atoms with van der Waals surface area (Å²) >= 11 is 0. The average Bonchev–Trinajstić information content (AvgIpc) is 2.70. The minimum atomic E-state index is -5.10. The van der Waals surface area contributed by atoms with Crippen LogP contribution in [0.1, 0.15) is 44.0 Å². The van der Waals surface area contributed by atoms with Crippen LogP contribution in [0.25, 0.3) is 0 Å². The zero-order valence-electron chi connectivity index (χ0n) is 18.2. The molecule has 0 saturated carbocycles. The van der Waals surface area contributed by atoms with E-state index in [9.17, 15) is 36.3 Å². The van der Waals surface area contributed by atoms with E-state index in [-0.39, 0.29) is 24.9 Å². The summed E-state index contributed by atoms with van der Waals surface area (Å²) in [7, 11) is 0. The molecular weight excluding hydrogens is 455 g/mol. The van der Waals surface area contributed by atoms with Crippen LogP contribution < -0.4 is 10.6 Å². The molecule has 1 aromatic rings. The molecule has 1 amide bonds. The lowest BCUT2D eigenvalue weighted by atomic mass is 9.93. The highest BCUT2D eigenvalue weighted by Crippen LogP contribution is 2.22. The van der Waals surface area contributed by atoms with Crippen LogP contribution in [0.4, 0.5) is 22.0 Å². The summed E-state index contributed by atoms with van der Waals surface area (Å²) in [5.74, 6) is -5.94. The minimum Gasteiger partial charge on any atom is -0.459 e. The number of carbonyl (C=O) groups is 3. The molecule has 0 spiro atoms. The predicted molar refractivity (Wildman–Crippen MR) is 105 cm³/mol. The van der Waals surface area contributed by atoms with Crippen molar-refractivity contribution in [2.24, 2.45) is 5.41 Å². The van der Waals surface area contributed by atoms with Crippen molar-refractivity contribution in [3.63, 3.8) is 0 Å². The number of hydrogen-bond donors (Lipinski definition) is 2. The molecule has 0 aliphatic carbocycles. The van der Waals surface area contributed by atoms with Gasteiger partial charge in [0.15, 0.2) is 11.6 Å². The Bertz CT molecular complexity index is 885. The Morgan fingerprint density at radius 1 is 1.09 bits per heavy atom. The Balaban J connectivity index is 2.08. The zero-order valence-corrected chi connectivity index (χ0v) is 18.2. The van der Waals surface area contributed by atoms with E-state index < -0.39 is 65.9 Å². The van der Waals surface area contributed by atoms with E-state index in [0.717, 1.165) is 18.2 Å². The molecule has 184 valence electrons. The number of halogens is 5. The molecule has 1 aliphatic rings. The molecule has 1 unspecified atom stereocenters. The van der Waals surface area contributed by atoms with Crippen LogP contribution in [-0.4, -0.2) is 55.4 Å². The maximum Gasteiger partial charge on any atom is 0.490 e. The van der Waals surface area contributed by atoms with E-state index in [4.69, 9.17) is 4.74 Å². The molecule has 2 N–H and O–H groups in total. The number of rotatable bonds is 6. The van der Waals surface area contributed by atoms with Gasteiger partial charge in [-0.25, -0.2) is 13.6 Å². The SMILES string of the molecule is CC(C)(C)C(=O)O[C@H]1CNC(CCOC(=O)C(F)(F)F)C[C@@H]1NC(=O)c1ccc(F)c(F)c1. The zero-order chi connectivity index (χ0) is 25.0. The van der Waals surface area contributed by atoms with Crippen molar-refractivity contribution >= 4 is 17.8 Å². The molecule has 12 heteroatoms. The number of esters is 2. The van der Waals surface area contributed by atoms with Gasteiger partial charge in [0.05, 0.1) is 18.1 Å². The fourth-order valence-corrected chi connectivity index (χ4v) is 3.04. The second-order valence-electron chi connectivity index (χ2n) is 8.67. The fraction of sp³-hybridized carbons (Fsp3) is 0.571. The summed E-state index contributed by atoms with van der Waals surface area (Å²) in [6.45, 7) is 4.45. The number of piperidine rings is 1. The molecule has 1 aliphatic heterocycles. The predicted octanol–water partition coefficient (Wildman–Crippen LogP) is 2.88. The van der Waals surface area contributed by atoms with E-state index in [2.05, 4.69) is 15.4 Å². The van der Waals surface area contributed by atoms with E-state index in [0.29, 0.717) is 0 Å². The highest BCUT2D eigenvalue weighted by Gasteiger charge is 2.41. The van der Waals surface area contributed by atoms with Gasteiger partial charge in [-0.05, 0) is 51.8 Å². The second kappa shape index (κ2) is 10.4. The average molecular weight is 480 g/mol. The maximum absolute atomic E-state index is 13.5. The number of hydrogen-bond acceptors (Lipinski definition) is 6. The first kappa shape index (κ1) is 26.5. The van der Waals surface area contributed by atoms with Crippen LogP contribution in [0.5, 0.6) is 0 Å². The van der Waals surface area contributed by atoms with Crippen molar-refractivity contribution in [1.29, 1.82) is 0 Å². The smallest absolute Gasteiger partial charge is 0.459 e. The van der Waals surface area contributed by atoms with Gasteiger partial charge in [0.1, 0.15) is 6.10 Å². The lowest BCUT2D eigenvalue weighted by molar-refractivity contribution is -0.199. The first-order chi connectivity index (χ1) is 15.2. The van der Waals surface area contributed by atoms with E-state index in [1.54, 1.807) is 20.8 Å². The molecule has 2 rings (SSSR count). The van der Waals surface area contributed by atoms with Crippen molar-refractivity contribution in [3.8, 4) is 0 Å². The van der Waals surface area contributed by atoms with Gasteiger partial charge in [0.2, 0.25) is 0 Å². The molecule has 33 heavy (non-hydrogen) atoms. The van der Waals surface area contributed by atoms with Gasteiger partial charge >= 0.3 is 18.1 Å². The molecule has 1 fully saturated rings. The van der Waals surface area contributed by atoms with Crippen molar-refractivity contribution in [1.82, 2.24) is 10.6 Å². The van der Waals surface area contributed by atoms with Gasteiger partial charge in [0.25, 0.3) is 5.91 Å². The molecule has 0 aromatic heterocycles. The third kappa shape index (κ3) is 7.65. The van der Waals surface area contributed by atoms with Gasteiger partial charge in [0, 0.05) is 18.2 Å². The quantitative estimate of drug-likeness (QED) is 0.481. The number of nitrogens with one attached hydrogen (secondary N) is 2. The first-order valence-corrected chi connectivity index (χ1v) is 10.1. The first-order valence-electron chi connectivity index (χ1n) is 10.1. The summed E-state index contributed by atoms with van der Waals surface area (Å²) in [6, 6.07) is 1.32. The fourth-order valence-electron chi connectivity index (χ4n) is 3.04. The Kier molecular flexibility index (Phi) is 8.39. The highest BCUT2D eigenvalue weighted by atomic mass is 19.4. The van der Waals surface area contributed by atoms with E-state index >= 15 is 0 Å². The van der Waals surface area contributed by atoms with Crippen LogP contribution in [0.3, 0.4) is 0 Å². The van der Waals surface area contributed by atoms with Crippen molar-refractivity contribution in [3.05, 3.63) is 35.4 Å². The summed E-state index contributed by atoms with van der Waals surface area (Å²) in [5, 5.41) is 5.60. The van der Waals surface area contributed by atoms with Crippen LogP contribution >= 0.6 is 0 Å². The monoisotopic (exact) mass is 480 g/mol. The van der Waals surface area contributed by atoms with E-state index in [1.807, 2.05) is 0 Å².